The Morgan fingerprint density at radius 1 is 1.33 bits per heavy atom. The summed E-state index contributed by atoms with van der Waals surface area (Å²) in [6, 6.07) is 3.77. The molecule has 2 aromatic rings. The van der Waals surface area contributed by atoms with Crippen LogP contribution in [0.5, 0.6) is 5.75 Å². The van der Waals surface area contributed by atoms with Gasteiger partial charge in [0.2, 0.25) is 11.9 Å². The first-order chi connectivity index (χ1) is 12.9. The number of aryl methyl sites for hydroxylation is 1. The van der Waals surface area contributed by atoms with Gasteiger partial charge in [-0.25, -0.2) is 5.10 Å². The number of H-pyrrole nitrogens is 1. The third-order valence-electron chi connectivity index (χ3n) is 4.64. The lowest BCUT2D eigenvalue weighted by Gasteiger charge is -2.24. The highest BCUT2D eigenvalue weighted by molar-refractivity contribution is 6.31. The fourth-order valence-corrected chi connectivity index (χ4v) is 3.27. The van der Waals surface area contributed by atoms with Gasteiger partial charge in [0.1, 0.15) is 5.75 Å². The second-order valence-corrected chi connectivity index (χ2v) is 7.57. The second kappa shape index (κ2) is 8.61. The smallest absolute Gasteiger partial charge is 0.264 e. The third-order valence-corrected chi connectivity index (χ3v) is 5.05. The number of aromatic amines is 1. The molecule has 0 spiro atoms. The summed E-state index contributed by atoms with van der Waals surface area (Å²) >= 11 is 6.21. The number of hydrogen-bond acceptors (Lipinski definition) is 5. The van der Waals surface area contributed by atoms with Crippen LogP contribution in [0.1, 0.15) is 50.2 Å². The van der Waals surface area contributed by atoms with Crippen LogP contribution in [0.4, 0.5) is 11.9 Å². The van der Waals surface area contributed by atoms with Crippen molar-refractivity contribution in [3.8, 4) is 5.75 Å². The first-order valence-corrected chi connectivity index (χ1v) is 9.72. The van der Waals surface area contributed by atoms with Crippen molar-refractivity contribution in [3.05, 3.63) is 28.3 Å². The Labute approximate surface area is 164 Å². The molecule has 0 saturated carbocycles. The van der Waals surface area contributed by atoms with Crippen LogP contribution in [0.2, 0.25) is 5.02 Å². The number of carbonyl (C=O) groups is 1. The number of ether oxygens (including phenoxy) is 1. The summed E-state index contributed by atoms with van der Waals surface area (Å²) in [5.74, 6) is 1.58. The number of aromatic nitrogens is 3. The van der Waals surface area contributed by atoms with Gasteiger partial charge in [-0.2, -0.15) is 4.98 Å². The van der Waals surface area contributed by atoms with Gasteiger partial charge in [0, 0.05) is 18.1 Å². The summed E-state index contributed by atoms with van der Waals surface area (Å²) in [5, 5.41) is 10.4. The number of halogens is 1. The molecule has 7 nitrogen and oxygen atoms in total. The fraction of sp³-hybridized carbons (Fsp3) is 0.526. The van der Waals surface area contributed by atoms with Crippen LogP contribution in [0.15, 0.2) is 12.1 Å². The summed E-state index contributed by atoms with van der Waals surface area (Å²) in [6.45, 7) is 7.82. The normalized spacial score (nSPS) is 14.5. The highest BCUT2D eigenvalue weighted by Gasteiger charge is 2.17. The maximum atomic E-state index is 12.2. The Kier molecular flexibility index (Phi) is 6.21. The molecule has 27 heavy (non-hydrogen) atoms. The van der Waals surface area contributed by atoms with E-state index in [-0.39, 0.29) is 18.4 Å². The molecule has 0 atom stereocenters. The maximum Gasteiger partial charge on any atom is 0.264 e. The van der Waals surface area contributed by atoms with E-state index in [9.17, 15) is 4.79 Å². The zero-order valence-electron chi connectivity index (χ0n) is 16.0. The van der Waals surface area contributed by atoms with E-state index in [2.05, 4.69) is 39.2 Å². The van der Waals surface area contributed by atoms with E-state index in [0.29, 0.717) is 22.7 Å². The monoisotopic (exact) mass is 391 g/mol. The van der Waals surface area contributed by atoms with Crippen molar-refractivity contribution in [2.45, 2.75) is 46.0 Å². The quantitative estimate of drug-likeness (QED) is 0.780. The van der Waals surface area contributed by atoms with Crippen molar-refractivity contribution >= 4 is 29.4 Å². The first-order valence-electron chi connectivity index (χ1n) is 9.34. The van der Waals surface area contributed by atoms with Gasteiger partial charge in [0.15, 0.2) is 6.61 Å². The minimum absolute atomic E-state index is 0.111. The van der Waals surface area contributed by atoms with Gasteiger partial charge in [-0.1, -0.05) is 25.4 Å². The number of benzene rings is 1. The zero-order chi connectivity index (χ0) is 19.4. The van der Waals surface area contributed by atoms with Crippen LogP contribution >= 0.6 is 11.6 Å². The summed E-state index contributed by atoms with van der Waals surface area (Å²) < 4.78 is 5.75. The average molecular weight is 392 g/mol. The third kappa shape index (κ3) is 4.91. The molecule has 1 saturated heterocycles. The molecule has 1 aromatic heterocycles. The number of amides is 1. The molecule has 8 heteroatoms. The van der Waals surface area contributed by atoms with Crippen molar-refractivity contribution in [3.63, 3.8) is 0 Å². The number of rotatable bonds is 6. The van der Waals surface area contributed by atoms with E-state index in [1.807, 2.05) is 19.1 Å². The molecule has 1 amide bonds. The Balaban J connectivity index is 1.59. The minimum Gasteiger partial charge on any atom is -0.483 e. The topological polar surface area (TPSA) is 83.1 Å². The number of carbonyl (C=O) groups excluding carboxylic acids is 1. The largest absolute Gasteiger partial charge is 0.483 e. The lowest BCUT2D eigenvalue weighted by Crippen LogP contribution is -2.30. The molecule has 2 heterocycles. The van der Waals surface area contributed by atoms with E-state index in [4.69, 9.17) is 16.3 Å². The van der Waals surface area contributed by atoms with Gasteiger partial charge in [-0.05, 0) is 55.4 Å². The Morgan fingerprint density at radius 2 is 2.07 bits per heavy atom. The molecular weight excluding hydrogens is 366 g/mol. The molecule has 1 aromatic carbocycles. The predicted octanol–water partition coefficient (Wildman–Crippen LogP) is 3.90. The summed E-state index contributed by atoms with van der Waals surface area (Å²) in [4.78, 5) is 18.7. The van der Waals surface area contributed by atoms with Crippen LogP contribution < -0.4 is 15.0 Å². The molecular formula is C19H26ClN5O2. The van der Waals surface area contributed by atoms with Crippen molar-refractivity contribution in [2.75, 3.05) is 29.9 Å². The van der Waals surface area contributed by atoms with Gasteiger partial charge in [0.05, 0.1) is 0 Å². The Morgan fingerprint density at radius 3 is 2.78 bits per heavy atom. The van der Waals surface area contributed by atoms with Crippen LogP contribution in [-0.2, 0) is 4.79 Å². The number of nitrogens with one attached hydrogen (secondary N) is 2. The first kappa shape index (κ1) is 19.5. The molecule has 0 bridgehead atoms. The zero-order valence-corrected chi connectivity index (χ0v) is 16.8. The molecule has 0 radical (unpaired) electrons. The highest BCUT2D eigenvalue weighted by Crippen LogP contribution is 2.32. The lowest BCUT2D eigenvalue weighted by molar-refractivity contribution is -0.118. The standard InChI is InChI=1S/C19H26ClN5O2/c1-12(2)14-10-15(20)13(3)9-16(14)27-11-17(26)21-18-22-19(24-23-18)25-7-5-4-6-8-25/h9-10,12H,4-8,11H2,1-3H3,(H2,21,22,23,24,26). The van der Waals surface area contributed by atoms with E-state index in [0.717, 1.165) is 37.1 Å². The molecule has 146 valence electrons. The summed E-state index contributed by atoms with van der Waals surface area (Å²) in [7, 11) is 0. The number of anilines is 2. The lowest BCUT2D eigenvalue weighted by atomic mass is 10.0. The Bertz CT molecular complexity index is 799. The van der Waals surface area contributed by atoms with E-state index in [1.165, 1.54) is 6.42 Å². The molecule has 1 aliphatic rings. The van der Waals surface area contributed by atoms with Crippen molar-refractivity contribution in [2.24, 2.45) is 0 Å². The van der Waals surface area contributed by atoms with Crippen molar-refractivity contribution in [1.29, 1.82) is 0 Å². The van der Waals surface area contributed by atoms with Gasteiger partial charge in [-0.15, -0.1) is 5.10 Å². The van der Waals surface area contributed by atoms with Gasteiger partial charge in [0.25, 0.3) is 5.91 Å². The molecule has 0 aliphatic carbocycles. The van der Waals surface area contributed by atoms with Gasteiger partial charge >= 0.3 is 0 Å². The van der Waals surface area contributed by atoms with E-state index in [1.54, 1.807) is 0 Å². The van der Waals surface area contributed by atoms with Crippen molar-refractivity contribution in [1.82, 2.24) is 15.2 Å². The predicted molar refractivity (Wildman–Crippen MR) is 107 cm³/mol. The Hall–Kier alpha value is -2.28. The molecule has 3 rings (SSSR count). The summed E-state index contributed by atoms with van der Waals surface area (Å²) in [6.07, 6.45) is 3.52. The van der Waals surface area contributed by atoms with Crippen LogP contribution in [0.3, 0.4) is 0 Å². The second-order valence-electron chi connectivity index (χ2n) is 7.16. The van der Waals surface area contributed by atoms with Crippen LogP contribution in [-0.4, -0.2) is 40.8 Å². The van der Waals surface area contributed by atoms with E-state index < -0.39 is 0 Å². The van der Waals surface area contributed by atoms with Crippen molar-refractivity contribution < 1.29 is 9.53 Å². The number of hydrogen-bond donors (Lipinski definition) is 2. The van der Waals surface area contributed by atoms with Gasteiger partial charge in [-0.3, -0.25) is 10.1 Å². The van der Waals surface area contributed by atoms with Crippen LogP contribution in [0, 0.1) is 6.92 Å². The summed E-state index contributed by atoms with van der Waals surface area (Å²) in [5.41, 5.74) is 1.89. The number of piperidine rings is 1. The maximum absolute atomic E-state index is 12.2. The fourth-order valence-electron chi connectivity index (χ4n) is 3.10. The number of nitrogens with zero attached hydrogens (tertiary/aromatic N) is 3. The minimum atomic E-state index is -0.293. The van der Waals surface area contributed by atoms with Crippen LogP contribution in [0.25, 0.3) is 0 Å². The van der Waals surface area contributed by atoms with Gasteiger partial charge < -0.3 is 9.64 Å². The SMILES string of the molecule is Cc1cc(OCC(=O)Nc2nc(N3CCCCC3)n[nH]2)c(C(C)C)cc1Cl. The molecule has 2 N–H and O–H groups in total. The van der Waals surface area contributed by atoms with E-state index >= 15 is 0 Å². The molecule has 1 fully saturated rings. The average Bonchev–Trinajstić information content (AvgIpc) is 3.11. The highest BCUT2D eigenvalue weighted by atomic mass is 35.5. The molecule has 1 aliphatic heterocycles. The molecule has 0 unspecified atom stereocenters.